The Labute approximate surface area is 99.8 Å². The van der Waals surface area contributed by atoms with Crippen LogP contribution in [0.15, 0.2) is 0 Å². The first-order chi connectivity index (χ1) is 7.97. The molecule has 0 radical (unpaired) electrons. The lowest BCUT2D eigenvalue weighted by molar-refractivity contribution is -0.168. The fourth-order valence-corrected chi connectivity index (χ4v) is 1.54. The number of hydrogen-bond acceptors (Lipinski definition) is 4. The van der Waals surface area contributed by atoms with Crippen molar-refractivity contribution in [2.45, 2.75) is 12.8 Å². The van der Waals surface area contributed by atoms with Crippen molar-refractivity contribution < 1.29 is 19.2 Å². The number of hydrogen-bond donors (Lipinski definition) is 0. The Balaban J connectivity index is 2.34. The Morgan fingerprint density at radius 1 is 1.47 bits per heavy atom. The molecule has 0 aromatic heterocycles. The molecule has 1 rings (SSSR count). The number of likely N-dealkylation sites (N-methyl/N-ethyl adjacent to an activating group) is 1. The van der Waals surface area contributed by atoms with Gasteiger partial charge in [0.15, 0.2) is 0 Å². The van der Waals surface area contributed by atoms with Gasteiger partial charge in [-0.2, -0.15) is 0 Å². The summed E-state index contributed by atoms with van der Waals surface area (Å²) in [6.45, 7) is 0.385. The molecule has 0 aromatic rings. The summed E-state index contributed by atoms with van der Waals surface area (Å²) in [6.07, 6.45) is 0.683. The molecular formula is C10H17N3O4. The van der Waals surface area contributed by atoms with Gasteiger partial charge in [0.2, 0.25) is 11.8 Å². The van der Waals surface area contributed by atoms with Crippen LogP contribution in [0, 0.1) is 0 Å². The number of imide groups is 1. The van der Waals surface area contributed by atoms with Crippen LogP contribution < -0.4 is 0 Å². The summed E-state index contributed by atoms with van der Waals surface area (Å²) < 4.78 is 0. The molecule has 0 bridgehead atoms. The van der Waals surface area contributed by atoms with Gasteiger partial charge in [-0.3, -0.25) is 19.3 Å². The van der Waals surface area contributed by atoms with Gasteiger partial charge in [-0.1, -0.05) is 0 Å². The minimum atomic E-state index is -0.303. The third-order valence-corrected chi connectivity index (χ3v) is 2.63. The molecule has 1 heterocycles. The monoisotopic (exact) mass is 243 g/mol. The molecule has 0 aromatic carbocycles. The smallest absolute Gasteiger partial charge is 0.318 e. The Hall–Kier alpha value is -1.63. The highest BCUT2D eigenvalue weighted by Gasteiger charge is 2.32. The molecule has 1 aliphatic heterocycles. The highest BCUT2D eigenvalue weighted by Crippen LogP contribution is 2.09. The number of rotatable bonds is 5. The maximum atomic E-state index is 11.5. The van der Waals surface area contributed by atoms with E-state index in [0.29, 0.717) is 6.42 Å². The summed E-state index contributed by atoms with van der Waals surface area (Å²) in [7, 11) is 4.49. The normalized spacial score (nSPS) is 15.7. The average Bonchev–Trinajstić information content (AvgIpc) is 2.54. The average molecular weight is 243 g/mol. The fourth-order valence-electron chi connectivity index (χ4n) is 1.54. The lowest BCUT2D eigenvalue weighted by atomic mass is 10.3. The Morgan fingerprint density at radius 2 is 2.12 bits per heavy atom. The summed E-state index contributed by atoms with van der Waals surface area (Å²) in [4.78, 5) is 41.5. The lowest BCUT2D eigenvalue weighted by Gasteiger charge is -2.16. The van der Waals surface area contributed by atoms with Gasteiger partial charge in [0, 0.05) is 27.1 Å². The zero-order valence-corrected chi connectivity index (χ0v) is 10.3. The maximum Gasteiger partial charge on any atom is 0.326 e. The van der Waals surface area contributed by atoms with E-state index in [0.717, 1.165) is 5.06 Å². The summed E-state index contributed by atoms with van der Waals surface area (Å²) >= 11 is 0. The van der Waals surface area contributed by atoms with Crippen molar-refractivity contribution in [3.63, 3.8) is 0 Å². The Morgan fingerprint density at radius 3 is 2.59 bits per heavy atom. The van der Waals surface area contributed by atoms with E-state index < -0.39 is 0 Å². The molecule has 0 unspecified atom stereocenters. The van der Waals surface area contributed by atoms with Crippen LogP contribution >= 0.6 is 0 Å². The van der Waals surface area contributed by atoms with Crippen LogP contribution in [0.1, 0.15) is 12.8 Å². The molecule has 96 valence electrons. The summed E-state index contributed by atoms with van der Waals surface area (Å²) in [6, 6.07) is -0.303. The topological polar surface area (TPSA) is 70.2 Å². The Kier molecular flexibility index (Phi) is 4.45. The van der Waals surface area contributed by atoms with Gasteiger partial charge in [0.1, 0.15) is 6.54 Å². The molecule has 4 amide bonds. The molecule has 1 aliphatic rings. The summed E-state index contributed by atoms with van der Waals surface area (Å²) in [5, 5.41) is 1.12. The molecule has 7 nitrogen and oxygen atoms in total. The summed E-state index contributed by atoms with van der Waals surface area (Å²) in [5.41, 5.74) is 0. The fraction of sp³-hybridized carbons (Fsp3) is 0.700. The van der Waals surface area contributed by atoms with Gasteiger partial charge in [-0.25, -0.2) is 9.86 Å². The molecule has 1 saturated heterocycles. The second kappa shape index (κ2) is 5.62. The van der Waals surface area contributed by atoms with Gasteiger partial charge < -0.3 is 4.90 Å². The van der Waals surface area contributed by atoms with Crippen molar-refractivity contribution >= 4 is 17.8 Å². The SMILES string of the molecule is CON(C)C(=O)CCCN1C(=O)CN(C)C1=O. The third kappa shape index (κ3) is 3.16. The first-order valence-electron chi connectivity index (χ1n) is 5.33. The minimum Gasteiger partial charge on any atom is -0.318 e. The zero-order chi connectivity index (χ0) is 13.0. The second-order valence-electron chi connectivity index (χ2n) is 3.86. The Bertz CT molecular complexity index is 332. The molecule has 0 N–H and O–H groups in total. The predicted octanol–water partition coefficient (Wildman–Crippen LogP) is -0.320. The van der Waals surface area contributed by atoms with E-state index >= 15 is 0 Å². The van der Waals surface area contributed by atoms with E-state index in [1.165, 1.54) is 24.0 Å². The van der Waals surface area contributed by atoms with Gasteiger partial charge in [0.25, 0.3) is 0 Å². The molecule has 0 atom stereocenters. The molecular weight excluding hydrogens is 226 g/mol. The molecule has 0 saturated carbocycles. The van der Waals surface area contributed by atoms with Crippen LogP contribution in [-0.4, -0.2) is 67.0 Å². The summed E-state index contributed by atoms with van der Waals surface area (Å²) in [5.74, 6) is -0.398. The van der Waals surface area contributed by atoms with E-state index in [1.807, 2.05) is 0 Å². The number of urea groups is 1. The molecule has 17 heavy (non-hydrogen) atoms. The van der Waals surface area contributed by atoms with Crippen LogP contribution in [0.5, 0.6) is 0 Å². The maximum absolute atomic E-state index is 11.5. The number of carbonyl (C=O) groups is 3. The van der Waals surface area contributed by atoms with E-state index in [4.69, 9.17) is 4.84 Å². The molecule has 0 aliphatic carbocycles. The van der Waals surface area contributed by atoms with Crippen LogP contribution in [0.3, 0.4) is 0 Å². The van der Waals surface area contributed by atoms with Crippen molar-refractivity contribution in [3.05, 3.63) is 0 Å². The van der Waals surface area contributed by atoms with E-state index in [2.05, 4.69) is 0 Å². The van der Waals surface area contributed by atoms with Crippen molar-refractivity contribution in [2.24, 2.45) is 0 Å². The van der Waals surface area contributed by atoms with Gasteiger partial charge >= 0.3 is 6.03 Å². The lowest BCUT2D eigenvalue weighted by Crippen LogP contribution is -2.33. The highest BCUT2D eigenvalue weighted by atomic mass is 16.7. The predicted molar refractivity (Wildman–Crippen MR) is 58.8 cm³/mol. The van der Waals surface area contributed by atoms with Gasteiger partial charge in [0.05, 0.1) is 7.11 Å². The zero-order valence-electron chi connectivity index (χ0n) is 10.3. The van der Waals surface area contributed by atoms with Crippen LogP contribution in [0.2, 0.25) is 0 Å². The molecule has 7 heteroatoms. The number of hydroxylamine groups is 2. The van der Waals surface area contributed by atoms with Gasteiger partial charge in [-0.05, 0) is 6.42 Å². The standard InChI is InChI=1S/C10H17N3O4/c1-11-7-9(15)13(10(11)16)6-4-5-8(14)12(2)17-3/h4-7H2,1-3H3. The van der Waals surface area contributed by atoms with Crippen molar-refractivity contribution in [1.29, 1.82) is 0 Å². The first kappa shape index (κ1) is 13.4. The number of carbonyl (C=O) groups excluding carboxylic acids is 3. The van der Waals surface area contributed by atoms with E-state index in [9.17, 15) is 14.4 Å². The van der Waals surface area contributed by atoms with Crippen molar-refractivity contribution in [2.75, 3.05) is 34.3 Å². The minimum absolute atomic E-state index is 0.116. The van der Waals surface area contributed by atoms with Crippen molar-refractivity contribution in [3.8, 4) is 0 Å². The molecule has 0 spiro atoms. The number of nitrogens with zero attached hydrogens (tertiary/aromatic N) is 3. The quantitative estimate of drug-likeness (QED) is 0.490. The van der Waals surface area contributed by atoms with Crippen LogP contribution in [0.4, 0.5) is 4.79 Å². The van der Waals surface area contributed by atoms with Gasteiger partial charge in [-0.15, -0.1) is 0 Å². The van der Waals surface area contributed by atoms with E-state index in [-0.39, 0.29) is 37.4 Å². The van der Waals surface area contributed by atoms with Crippen LogP contribution in [-0.2, 0) is 14.4 Å². The largest absolute Gasteiger partial charge is 0.326 e. The van der Waals surface area contributed by atoms with Crippen LogP contribution in [0.25, 0.3) is 0 Å². The highest BCUT2D eigenvalue weighted by molar-refractivity contribution is 6.01. The molecule has 1 fully saturated rings. The number of amides is 4. The third-order valence-electron chi connectivity index (χ3n) is 2.63. The first-order valence-corrected chi connectivity index (χ1v) is 5.33. The van der Waals surface area contributed by atoms with E-state index in [1.54, 1.807) is 7.05 Å². The second-order valence-corrected chi connectivity index (χ2v) is 3.86. The van der Waals surface area contributed by atoms with Crippen molar-refractivity contribution in [1.82, 2.24) is 14.9 Å².